The first-order valence-electron chi connectivity index (χ1n) is 6.94. The van der Waals surface area contributed by atoms with Gasteiger partial charge in [0.2, 0.25) is 5.88 Å². The number of hydrogen-bond acceptors (Lipinski definition) is 3. The van der Waals surface area contributed by atoms with E-state index in [1.807, 2.05) is 13.8 Å². The average Bonchev–Trinajstić information content (AvgIpc) is 2.31. The van der Waals surface area contributed by atoms with Crippen molar-refractivity contribution in [1.82, 2.24) is 4.98 Å². The van der Waals surface area contributed by atoms with Gasteiger partial charge in [0.1, 0.15) is 0 Å². The van der Waals surface area contributed by atoms with E-state index in [2.05, 4.69) is 4.98 Å². The highest BCUT2D eigenvalue weighted by Gasteiger charge is 2.17. The molecule has 0 radical (unpaired) electrons. The Bertz CT molecular complexity index is 453. The van der Waals surface area contributed by atoms with E-state index in [1.165, 1.54) is 25.3 Å². The highest BCUT2D eigenvalue weighted by Crippen LogP contribution is 2.29. The van der Waals surface area contributed by atoms with Crippen molar-refractivity contribution in [2.75, 3.05) is 6.61 Å². The van der Waals surface area contributed by atoms with E-state index in [1.54, 1.807) is 6.07 Å². The molecule has 0 spiro atoms. The van der Waals surface area contributed by atoms with Crippen LogP contribution in [-0.2, 0) is 0 Å². The molecule has 19 heavy (non-hydrogen) atoms. The molecule has 1 aliphatic rings. The lowest BCUT2D eigenvalue weighted by Crippen LogP contribution is -2.15. The minimum Gasteiger partial charge on any atom is -0.478 e. The van der Waals surface area contributed by atoms with E-state index in [9.17, 15) is 4.79 Å². The largest absolute Gasteiger partial charge is 0.478 e. The van der Waals surface area contributed by atoms with Crippen molar-refractivity contribution in [1.29, 1.82) is 0 Å². The van der Waals surface area contributed by atoms with Crippen LogP contribution >= 0.6 is 0 Å². The summed E-state index contributed by atoms with van der Waals surface area (Å²) in [6.07, 6.45) is 4.96. The maximum atomic E-state index is 11.1. The molecule has 0 saturated heterocycles. The van der Waals surface area contributed by atoms with Gasteiger partial charge in [0.05, 0.1) is 12.2 Å². The summed E-state index contributed by atoms with van der Waals surface area (Å²) >= 11 is 0. The molecule has 0 amide bonds. The summed E-state index contributed by atoms with van der Waals surface area (Å²) in [4.78, 5) is 15.5. The van der Waals surface area contributed by atoms with Gasteiger partial charge in [-0.2, -0.15) is 0 Å². The third-order valence-corrected chi connectivity index (χ3v) is 3.66. The Hall–Kier alpha value is -1.58. The molecule has 4 nitrogen and oxygen atoms in total. The molecule has 1 aliphatic carbocycles. The van der Waals surface area contributed by atoms with Gasteiger partial charge in [0.25, 0.3) is 0 Å². The normalized spacial score (nSPS) is 15.3. The topological polar surface area (TPSA) is 59.4 Å². The van der Waals surface area contributed by atoms with Crippen LogP contribution in [0.5, 0.6) is 5.88 Å². The summed E-state index contributed by atoms with van der Waals surface area (Å²) in [6.45, 7) is 4.61. The number of pyridine rings is 1. The lowest BCUT2D eigenvalue weighted by Gasteiger charge is -2.24. The van der Waals surface area contributed by atoms with E-state index in [4.69, 9.17) is 9.84 Å². The molecular formula is C15H21NO3. The van der Waals surface area contributed by atoms with Crippen molar-refractivity contribution in [3.63, 3.8) is 0 Å². The Kier molecular flexibility index (Phi) is 4.40. The number of hydrogen-bond donors (Lipinski definition) is 1. The number of ether oxygens (including phenoxy) is 1. The number of carboxylic acid groups (broad SMARTS) is 1. The Morgan fingerprint density at radius 3 is 2.74 bits per heavy atom. The molecule has 0 aliphatic heterocycles. The van der Waals surface area contributed by atoms with Crippen molar-refractivity contribution >= 4 is 5.97 Å². The Labute approximate surface area is 113 Å². The zero-order chi connectivity index (χ0) is 13.8. The summed E-state index contributed by atoms with van der Waals surface area (Å²) in [6, 6.07) is 3.13. The summed E-state index contributed by atoms with van der Waals surface area (Å²) in [7, 11) is 0. The Morgan fingerprint density at radius 1 is 1.47 bits per heavy atom. The van der Waals surface area contributed by atoms with Gasteiger partial charge in [-0.1, -0.05) is 33.1 Å². The van der Waals surface area contributed by atoms with Crippen LogP contribution in [0.25, 0.3) is 0 Å². The summed E-state index contributed by atoms with van der Waals surface area (Å²) < 4.78 is 5.62. The minimum atomic E-state index is -0.937. The molecule has 0 bridgehead atoms. The van der Waals surface area contributed by atoms with E-state index in [0.29, 0.717) is 12.5 Å². The summed E-state index contributed by atoms with van der Waals surface area (Å²) in [5, 5.41) is 9.09. The van der Waals surface area contributed by atoms with Crippen molar-refractivity contribution in [2.45, 2.75) is 45.4 Å². The molecule has 4 heteroatoms. The fourth-order valence-corrected chi connectivity index (χ4v) is 2.13. The summed E-state index contributed by atoms with van der Waals surface area (Å²) in [5.74, 6) is 0.469. The molecule has 1 N–H and O–H groups in total. The lowest BCUT2D eigenvalue weighted by atomic mass is 9.83. The van der Waals surface area contributed by atoms with Crippen molar-refractivity contribution in [3.8, 4) is 5.88 Å². The van der Waals surface area contributed by atoms with Gasteiger partial charge < -0.3 is 9.84 Å². The van der Waals surface area contributed by atoms with Crippen LogP contribution in [-0.4, -0.2) is 22.7 Å². The van der Waals surface area contributed by atoms with Gasteiger partial charge in [0, 0.05) is 11.8 Å². The Morgan fingerprint density at radius 2 is 2.21 bits per heavy atom. The van der Waals surface area contributed by atoms with Crippen molar-refractivity contribution in [2.24, 2.45) is 5.92 Å². The second kappa shape index (κ2) is 6.04. The second-order valence-corrected chi connectivity index (χ2v) is 5.51. The fourth-order valence-electron chi connectivity index (χ4n) is 2.13. The molecule has 0 atom stereocenters. The SMILES string of the molecule is CC(C)c1cc(C(=O)O)cc(OCCC2CCC2)n1. The number of aromatic carboxylic acids is 1. The first kappa shape index (κ1) is 13.8. The van der Waals surface area contributed by atoms with Gasteiger partial charge in [-0.25, -0.2) is 9.78 Å². The molecule has 1 aromatic rings. The highest BCUT2D eigenvalue weighted by molar-refractivity contribution is 5.88. The van der Waals surface area contributed by atoms with E-state index >= 15 is 0 Å². The fraction of sp³-hybridized carbons (Fsp3) is 0.600. The first-order valence-corrected chi connectivity index (χ1v) is 6.94. The molecule has 0 unspecified atom stereocenters. The maximum absolute atomic E-state index is 11.1. The number of carboxylic acids is 1. The summed E-state index contributed by atoms with van der Waals surface area (Å²) in [5.41, 5.74) is 1.01. The van der Waals surface area contributed by atoms with Crippen LogP contribution in [0.4, 0.5) is 0 Å². The van der Waals surface area contributed by atoms with Crippen molar-refractivity contribution < 1.29 is 14.6 Å². The van der Waals surface area contributed by atoms with E-state index in [-0.39, 0.29) is 11.5 Å². The monoisotopic (exact) mass is 263 g/mol. The van der Waals surface area contributed by atoms with Gasteiger partial charge >= 0.3 is 5.97 Å². The van der Waals surface area contributed by atoms with Gasteiger partial charge in [-0.3, -0.25) is 0 Å². The smallest absolute Gasteiger partial charge is 0.335 e. The first-order chi connectivity index (χ1) is 9.06. The third-order valence-electron chi connectivity index (χ3n) is 3.66. The lowest BCUT2D eigenvalue weighted by molar-refractivity contribution is 0.0696. The molecular weight excluding hydrogens is 242 g/mol. The predicted molar refractivity (Wildman–Crippen MR) is 72.7 cm³/mol. The number of nitrogens with zero attached hydrogens (tertiary/aromatic N) is 1. The number of rotatable bonds is 6. The molecule has 1 saturated carbocycles. The molecule has 1 fully saturated rings. The van der Waals surface area contributed by atoms with Crippen LogP contribution < -0.4 is 4.74 Å². The predicted octanol–water partition coefficient (Wildman–Crippen LogP) is 3.47. The standard InChI is InChI=1S/C15H21NO3/c1-10(2)13-8-12(15(17)18)9-14(16-13)19-7-6-11-4-3-5-11/h8-11H,3-7H2,1-2H3,(H,17,18). The van der Waals surface area contributed by atoms with E-state index < -0.39 is 5.97 Å². The number of aromatic nitrogens is 1. The quantitative estimate of drug-likeness (QED) is 0.853. The van der Waals surface area contributed by atoms with Crippen LogP contribution in [0.15, 0.2) is 12.1 Å². The third kappa shape index (κ3) is 3.69. The molecule has 2 rings (SSSR count). The zero-order valence-electron chi connectivity index (χ0n) is 11.6. The maximum Gasteiger partial charge on any atom is 0.335 e. The zero-order valence-corrected chi connectivity index (χ0v) is 11.6. The van der Waals surface area contributed by atoms with E-state index in [0.717, 1.165) is 18.0 Å². The van der Waals surface area contributed by atoms with Gasteiger partial charge in [-0.05, 0) is 24.3 Å². The van der Waals surface area contributed by atoms with Crippen LogP contribution in [0, 0.1) is 5.92 Å². The highest BCUT2D eigenvalue weighted by atomic mass is 16.5. The van der Waals surface area contributed by atoms with Crippen LogP contribution in [0.2, 0.25) is 0 Å². The Balaban J connectivity index is 2.02. The van der Waals surface area contributed by atoms with Crippen LogP contribution in [0.1, 0.15) is 61.5 Å². The molecule has 1 aromatic heterocycles. The van der Waals surface area contributed by atoms with Gasteiger partial charge in [0.15, 0.2) is 0 Å². The van der Waals surface area contributed by atoms with Crippen molar-refractivity contribution in [3.05, 3.63) is 23.4 Å². The molecule has 0 aromatic carbocycles. The van der Waals surface area contributed by atoms with Gasteiger partial charge in [-0.15, -0.1) is 0 Å². The molecule has 104 valence electrons. The molecule has 1 heterocycles. The van der Waals surface area contributed by atoms with Crippen LogP contribution in [0.3, 0.4) is 0 Å². The minimum absolute atomic E-state index is 0.188. The number of carbonyl (C=O) groups is 1. The second-order valence-electron chi connectivity index (χ2n) is 5.51. The average molecular weight is 263 g/mol.